The second-order valence-corrected chi connectivity index (χ2v) is 4.16. The van der Waals surface area contributed by atoms with E-state index < -0.39 is 24.0 Å². The van der Waals surface area contributed by atoms with Gasteiger partial charge in [0.1, 0.15) is 6.04 Å². The first-order chi connectivity index (χ1) is 8.18. The minimum Gasteiger partial charge on any atom is -0.302 e. The van der Waals surface area contributed by atoms with E-state index in [1.54, 1.807) is 0 Å². The molecular weight excluding hydrogens is 260 g/mol. The number of rotatable bonds is 0. The van der Waals surface area contributed by atoms with Crippen LogP contribution in [0.25, 0.3) is 0 Å². The van der Waals surface area contributed by atoms with Crippen LogP contribution in [0.15, 0.2) is 18.2 Å². The maximum Gasteiger partial charge on any atom is 0.416 e. The van der Waals surface area contributed by atoms with Gasteiger partial charge >= 0.3 is 12.4 Å². The van der Waals surface area contributed by atoms with Crippen LogP contribution in [0.2, 0.25) is 0 Å². The van der Waals surface area contributed by atoms with Gasteiger partial charge < -0.3 is 5.32 Å². The molecule has 0 saturated carbocycles. The Kier molecular flexibility index (Phi) is 3.04. The molecule has 0 aromatic heterocycles. The first-order valence-electron chi connectivity index (χ1n) is 5.17. The van der Waals surface area contributed by atoms with E-state index in [1.807, 2.05) is 0 Å². The molecule has 0 fully saturated rings. The minimum absolute atomic E-state index is 0.205. The number of hydrogen-bond donors (Lipinski definition) is 1. The average molecular weight is 269 g/mol. The van der Waals surface area contributed by atoms with Crippen molar-refractivity contribution in [2.24, 2.45) is 0 Å². The van der Waals surface area contributed by atoms with Crippen molar-refractivity contribution < 1.29 is 26.3 Å². The Hall–Kier alpha value is -1.24. The monoisotopic (exact) mass is 269 g/mol. The van der Waals surface area contributed by atoms with Crippen LogP contribution in [0.5, 0.6) is 0 Å². The molecule has 0 saturated heterocycles. The minimum atomic E-state index is -4.48. The van der Waals surface area contributed by atoms with Crippen LogP contribution >= 0.6 is 0 Å². The summed E-state index contributed by atoms with van der Waals surface area (Å²) in [6.07, 6.45) is -9.20. The zero-order chi connectivity index (χ0) is 13.6. The number of halogens is 6. The van der Waals surface area contributed by atoms with Gasteiger partial charge in [-0.3, -0.25) is 0 Å². The van der Waals surface area contributed by atoms with E-state index in [-0.39, 0.29) is 18.5 Å². The zero-order valence-corrected chi connectivity index (χ0v) is 8.99. The summed E-state index contributed by atoms with van der Waals surface area (Å²) in [6.45, 7) is -0.205. The fraction of sp³-hybridized carbons (Fsp3) is 0.455. The molecule has 0 bridgehead atoms. The molecule has 2 rings (SSSR count). The molecule has 0 aliphatic carbocycles. The van der Waals surface area contributed by atoms with Crippen LogP contribution in [0, 0.1) is 0 Å². The van der Waals surface area contributed by atoms with E-state index in [0.717, 1.165) is 18.2 Å². The van der Waals surface area contributed by atoms with E-state index in [1.165, 1.54) is 0 Å². The number of benzene rings is 1. The summed E-state index contributed by atoms with van der Waals surface area (Å²) < 4.78 is 74.7. The fourth-order valence-electron chi connectivity index (χ4n) is 1.92. The predicted octanol–water partition coefficient (Wildman–Crippen LogP) is 3.28. The third kappa shape index (κ3) is 2.60. The summed E-state index contributed by atoms with van der Waals surface area (Å²) in [5.74, 6) is 0. The van der Waals surface area contributed by atoms with Gasteiger partial charge in [0, 0.05) is 6.54 Å². The lowest BCUT2D eigenvalue weighted by atomic mass is 9.94. The van der Waals surface area contributed by atoms with Crippen LogP contribution in [-0.2, 0) is 19.1 Å². The van der Waals surface area contributed by atoms with Gasteiger partial charge in [-0.1, -0.05) is 6.07 Å². The summed E-state index contributed by atoms with van der Waals surface area (Å²) in [7, 11) is 0. The lowest BCUT2D eigenvalue weighted by Crippen LogP contribution is -2.46. The zero-order valence-electron chi connectivity index (χ0n) is 8.99. The van der Waals surface area contributed by atoms with E-state index in [9.17, 15) is 26.3 Å². The van der Waals surface area contributed by atoms with Gasteiger partial charge in [0.15, 0.2) is 0 Å². The van der Waals surface area contributed by atoms with E-state index in [0.29, 0.717) is 5.56 Å². The molecule has 1 aliphatic heterocycles. The molecule has 1 aromatic rings. The van der Waals surface area contributed by atoms with Crippen LogP contribution < -0.4 is 5.32 Å². The molecule has 1 nitrogen and oxygen atoms in total. The Morgan fingerprint density at radius 1 is 1.00 bits per heavy atom. The fourth-order valence-corrected chi connectivity index (χ4v) is 1.92. The molecule has 1 aliphatic rings. The highest BCUT2D eigenvalue weighted by atomic mass is 19.4. The number of nitrogens with one attached hydrogen (secondary N) is 1. The summed E-state index contributed by atoms with van der Waals surface area (Å²) in [6, 6.07) is 1.14. The Balaban J connectivity index is 2.27. The summed E-state index contributed by atoms with van der Waals surface area (Å²) in [5, 5.41) is 2.20. The van der Waals surface area contributed by atoms with Gasteiger partial charge in [-0.15, -0.1) is 0 Å². The van der Waals surface area contributed by atoms with Crippen molar-refractivity contribution >= 4 is 0 Å². The van der Waals surface area contributed by atoms with Crippen molar-refractivity contribution in [3.63, 3.8) is 0 Å². The van der Waals surface area contributed by atoms with Gasteiger partial charge in [0.05, 0.1) is 5.56 Å². The van der Waals surface area contributed by atoms with Gasteiger partial charge in [-0.05, 0) is 29.7 Å². The first kappa shape index (κ1) is 13.2. The maximum atomic E-state index is 12.5. The highest BCUT2D eigenvalue weighted by Crippen LogP contribution is 2.33. The van der Waals surface area contributed by atoms with Gasteiger partial charge in [0.2, 0.25) is 0 Å². The van der Waals surface area contributed by atoms with E-state index in [4.69, 9.17) is 0 Å². The molecule has 1 aromatic carbocycles. The van der Waals surface area contributed by atoms with Crippen LogP contribution in [-0.4, -0.2) is 12.2 Å². The standard InChI is InChI=1S/C11H9F6N/c12-10(13,14)8-2-1-6-4-9(11(15,16)17)18-5-7(6)3-8/h1-3,9,18H,4-5H2/t9-/m0/s1. The Morgan fingerprint density at radius 3 is 2.22 bits per heavy atom. The highest BCUT2D eigenvalue weighted by molar-refractivity contribution is 5.35. The molecule has 1 heterocycles. The van der Waals surface area contributed by atoms with Crippen molar-refractivity contribution in [3.8, 4) is 0 Å². The SMILES string of the molecule is FC(F)(F)c1ccc2c(c1)CN[C@H](C(F)(F)F)C2. The summed E-state index contributed by atoms with van der Waals surface area (Å²) in [5.41, 5.74) is -0.261. The molecule has 1 atom stereocenters. The molecule has 18 heavy (non-hydrogen) atoms. The summed E-state index contributed by atoms with van der Waals surface area (Å²) >= 11 is 0. The quantitative estimate of drug-likeness (QED) is 0.713. The van der Waals surface area contributed by atoms with Crippen LogP contribution in [0.1, 0.15) is 16.7 Å². The van der Waals surface area contributed by atoms with E-state index in [2.05, 4.69) is 5.32 Å². The van der Waals surface area contributed by atoms with Crippen molar-refractivity contribution in [2.45, 2.75) is 31.4 Å². The lowest BCUT2D eigenvalue weighted by Gasteiger charge is -2.28. The normalized spacial score (nSPS) is 20.7. The number of hydrogen-bond acceptors (Lipinski definition) is 1. The average Bonchev–Trinajstić information content (AvgIpc) is 2.25. The Labute approximate surface area is 98.8 Å². The Morgan fingerprint density at radius 2 is 1.67 bits per heavy atom. The second kappa shape index (κ2) is 4.15. The highest BCUT2D eigenvalue weighted by Gasteiger charge is 2.41. The van der Waals surface area contributed by atoms with Gasteiger partial charge in [-0.2, -0.15) is 26.3 Å². The van der Waals surface area contributed by atoms with Gasteiger partial charge in [-0.25, -0.2) is 0 Å². The summed E-state index contributed by atoms with van der Waals surface area (Å²) in [4.78, 5) is 0. The van der Waals surface area contributed by atoms with E-state index >= 15 is 0 Å². The van der Waals surface area contributed by atoms with Crippen molar-refractivity contribution in [1.29, 1.82) is 0 Å². The third-order valence-corrected chi connectivity index (χ3v) is 2.89. The topological polar surface area (TPSA) is 12.0 Å². The molecule has 1 N–H and O–H groups in total. The van der Waals surface area contributed by atoms with Gasteiger partial charge in [0.25, 0.3) is 0 Å². The van der Waals surface area contributed by atoms with Crippen LogP contribution in [0.4, 0.5) is 26.3 Å². The Bertz CT molecular complexity index is 448. The lowest BCUT2D eigenvalue weighted by molar-refractivity contribution is -0.157. The number of alkyl halides is 6. The van der Waals surface area contributed by atoms with Crippen molar-refractivity contribution in [3.05, 3.63) is 34.9 Å². The molecule has 7 heteroatoms. The molecule has 0 unspecified atom stereocenters. The molecule has 0 radical (unpaired) electrons. The van der Waals surface area contributed by atoms with Crippen molar-refractivity contribution in [2.75, 3.05) is 0 Å². The predicted molar refractivity (Wildman–Crippen MR) is 51.8 cm³/mol. The molecule has 0 amide bonds. The largest absolute Gasteiger partial charge is 0.416 e. The smallest absolute Gasteiger partial charge is 0.302 e. The van der Waals surface area contributed by atoms with Crippen LogP contribution in [0.3, 0.4) is 0 Å². The first-order valence-corrected chi connectivity index (χ1v) is 5.17. The maximum absolute atomic E-state index is 12.5. The van der Waals surface area contributed by atoms with Crippen molar-refractivity contribution in [1.82, 2.24) is 5.32 Å². The molecular formula is C11H9F6N. The molecule has 100 valence electrons. The third-order valence-electron chi connectivity index (χ3n) is 2.89. The molecule has 0 spiro atoms. The second-order valence-electron chi connectivity index (χ2n) is 4.16. The number of fused-ring (bicyclic) bond motifs is 1.